The molecular formula is C31H53N5O5. The molecule has 4 N–H and O–H groups in total. The highest BCUT2D eigenvalue weighted by molar-refractivity contribution is 6.38. The molecule has 3 atom stereocenters. The molecule has 0 spiro atoms. The lowest BCUT2D eigenvalue weighted by Gasteiger charge is -2.32. The van der Waals surface area contributed by atoms with Crippen molar-refractivity contribution in [2.75, 3.05) is 13.1 Å². The molecular weight excluding hydrogens is 522 g/mol. The number of amides is 5. The first-order valence-electron chi connectivity index (χ1n) is 15.9. The van der Waals surface area contributed by atoms with E-state index < -0.39 is 35.7 Å². The summed E-state index contributed by atoms with van der Waals surface area (Å²) >= 11 is 0. The van der Waals surface area contributed by atoms with E-state index in [9.17, 15) is 24.0 Å². The molecule has 10 heteroatoms. The first-order chi connectivity index (χ1) is 19.8. The zero-order valence-corrected chi connectivity index (χ0v) is 25.5. The number of nitrogens with zero attached hydrogens (tertiary/aromatic N) is 1. The Morgan fingerprint density at radius 3 is 2.12 bits per heavy atom. The molecule has 10 nitrogen and oxygen atoms in total. The summed E-state index contributed by atoms with van der Waals surface area (Å²) in [7, 11) is 0. The molecule has 2 aliphatic carbocycles. The molecule has 3 aliphatic rings. The summed E-state index contributed by atoms with van der Waals surface area (Å²) in [4.78, 5) is 66.5. The topological polar surface area (TPSA) is 137 Å². The molecule has 2 saturated carbocycles. The number of rotatable bonds is 12. The molecule has 0 radical (unpaired) electrons. The molecule has 1 aliphatic heterocycles. The third kappa shape index (κ3) is 10.8. The zero-order valence-electron chi connectivity index (χ0n) is 25.5. The van der Waals surface area contributed by atoms with Crippen molar-refractivity contribution in [3.8, 4) is 0 Å². The van der Waals surface area contributed by atoms with Gasteiger partial charge in [-0.2, -0.15) is 0 Å². The van der Waals surface area contributed by atoms with Crippen molar-refractivity contribution in [3.05, 3.63) is 12.7 Å². The zero-order chi connectivity index (χ0) is 30.2. The summed E-state index contributed by atoms with van der Waals surface area (Å²) < 4.78 is 0. The molecule has 0 aromatic rings. The standard InChI is InChI=1S/C28H45N5O5.C3H8/c1-3-11-21(24(34)26(36)29-17-4-2)31-25(35)22-16-10-18-33(22)27(37)23(19-12-8-9-13-19)32-28(38)30-20-14-6-5-7-15-20;1-3-2/h4,19-23H,2-3,5-18H2,1H3,(H,29,36)(H,31,35)(H2,30,32,38);3H2,1-2H3/t21?,22-,23-;/m0./s1. The van der Waals surface area contributed by atoms with E-state index in [1.807, 2.05) is 6.92 Å². The highest BCUT2D eigenvalue weighted by Crippen LogP contribution is 2.30. The Balaban J connectivity index is 0.00000187. The van der Waals surface area contributed by atoms with Crippen LogP contribution in [0, 0.1) is 5.92 Å². The third-order valence-corrected chi connectivity index (χ3v) is 8.04. The molecule has 1 heterocycles. The van der Waals surface area contributed by atoms with Gasteiger partial charge in [-0.15, -0.1) is 6.58 Å². The second-order valence-electron chi connectivity index (χ2n) is 11.6. The Labute approximate surface area is 246 Å². The maximum Gasteiger partial charge on any atom is 0.315 e. The number of likely N-dealkylation sites (tertiary alicyclic amines) is 1. The smallest absolute Gasteiger partial charge is 0.315 e. The lowest BCUT2D eigenvalue weighted by Crippen LogP contribution is -2.59. The van der Waals surface area contributed by atoms with Gasteiger partial charge in [0.05, 0.1) is 6.04 Å². The average molecular weight is 576 g/mol. The molecule has 0 aromatic heterocycles. The van der Waals surface area contributed by atoms with E-state index in [0.29, 0.717) is 32.2 Å². The Morgan fingerprint density at radius 1 is 0.878 bits per heavy atom. The van der Waals surface area contributed by atoms with Gasteiger partial charge in [0.2, 0.25) is 17.6 Å². The fourth-order valence-corrected chi connectivity index (χ4v) is 6.00. The molecule has 41 heavy (non-hydrogen) atoms. The van der Waals surface area contributed by atoms with Crippen LogP contribution in [-0.2, 0) is 19.2 Å². The second-order valence-corrected chi connectivity index (χ2v) is 11.6. The number of hydrogen-bond acceptors (Lipinski definition) is 5. The van der Waals surface area contributed by atoms with Gasteiger partial charge >= 0.3 is 6.03 Å². The average Bonchev–Trinajstić information content (AvgIpc) is 3.68. The predicted octanol–water partition coefficient (Wildman–Crippen LogP) is 3.74. The highest BCUT2D eigenvalue weighted by atomic mass is 16.2. The van der Waals surface area contributed by atoms with E-state index in [0.717, 1.165) is 51.4 Å². The summed E-state index contributed by atoms with van der Waals surface area (Å²) in [5, 5.41) is 11.2. The number of hydrogen-bond donors (Lipinski definition) is 4. The van der Waals surface area contributed by atoms with E-state index in [1.54, 1.807) is 4.90 Å². The highest BCUT2D eigenvalue weighted by Gasteiger charge is 2.42. The Morgan fingerprint density at radius 2 is 1.51 bits per heavy atom. The van der Waals surface area contributed by atoms with E-state index in [-0.39, 0.29) is 30.4 Å². The lowest BCUT2D eigenvalue weighted by molar-refractivity contribution is -0.143. The first kappa shape index (κ1) is 34.3. The van der Waals surface area contributed by atoms with Gasteiger partial charge in [-0.05, 0) is 50.9 Å². The van der Waals surface area contributed by atoms with E-state index in [4.69, 9.17) is 0 Å². The van der Waals surface area contributed by atoms with Gasteiger partial charge in [0, 0.05) is 19.1 Å². The fourth-order valence-electron chi connectivity index (χ4n) is 6.00. The maximum atomic E-state index is 13.8. The quantitative estimate of drug-likeness (QED) is 0.208. The van der Waals surface area contributed by atoms with Crippen LogP contribution in [0.3, 0.4) is 0 Å². The molecule has 3 rings (SSSR count). The van der Waals surface area contributed by atoms with Crippen molar-refractivity contribution in [2.24, 2.45) is 5.92 Å². The van der Waals surface area contributed by atoms with Gasteiger partial charge in [0.1, 0.15) is 12.1 Å². The van der Waals surface area contributed by atoms with Crippen LogP contribution in [0.25, 0.3) is 0 Å². The monoisotopic (exact) mass is 575 g/mol. The van der Waals surface area contributed by atoms with E-state index >= 15 is 0 Å². The van der Waals surface area contributed by atoms with Crippen LogP contribution in [0.15, 0.2) is 12.7 Å². The third-order valence-electron chi connectivity index (χ3n) is 8.04. The van der Waals surface area contributed by atoms with Crippen molar-refractivity contribution < 1.29 is 24.0 Å². The van der Waals surface area contributed by atoms with Crippen LogP contribution in [0.2, 0.25) is 0 Å². The van der Waals surface area contributed by atoms with Crippen LogP contribution in [0.5, 0.6) is 0 Å². The predicted molar refractivity (Wildman–Crippen MR) is 160 cm³/mol. The van der Waals surface area contributed by atoms with Crippen molar-refractivity contribution >= 4 is 29.5 Å². The maximum absolute atomic E-state index is 13.8. The van der Waals surface area contributed by atoms with Gasteiger partial charge in [-0.1, -0.05) is 71.8 Å². The number of urea groups is 1. The second kappa shape index (κ2) is 18.5. The summed E-state index contributed by atoms with van der Waals surface area (Å²) in [6.07, 6.45) is 13.8. The first-order valence-corrected chi connectivity index (χ1v) is 15.9. The van der Waals surface area contributed by atoms with Crippen LogP contribution >= 0.6 is 0 Å². The van der Waals surface area contributed by atoms with Crippen molar-refractivity contribution in [3.63, 3.8) is 0 Å². The molecule has 0 bridgehead atoms. The van der Waals surface area contributed by atoms with Gasteiger partial charge in [0.25, 0.3) is 5.91 Å². The van der Waals surface area contributed by atoms with Crippen LogP contribution in [-0.4, -0.2) is 71.7 Å². The van der Waals surface area contributed by atoms with Crippen LogP contribution < -0.4 is 21.3 Å². The van der Waals surface area contributed by atoms with Gasteiger partial charge in [-0.25, -0.2) is 4.79 Å². The van der Waals surface area contributed by atoms with Crippen molar-refractivity contribution in [2.45, 2.75) is 135 Å². The number of Topliss-reactive ketones (excluding diaryl/α,β-unsaturated/α-hetero) is 1. The Bertz CT molecular complexity index is 882. The van der Waals surface area contributed by atoms with Gasteiger partial charge in [0.15, 0.2) is 0 Å². The molecule has 3 fully saturated rings. The van der Waals surface area contributed by atoms with Crippen LogP contribution in [0.4, 0.5) is 4.79 Å². The normalized spacial score (nSPS) is 20.7. The summed E-state index contributed by atoms with van der Waals surface area (Å²) in [6.45, 7) is 10.2. The minimum Gasteiger partial charge on any atom is -0.346 e. The van der Waals surface area contributed by atoms with E-state index in [2.05, 4.69) is 41.7 Å². The molecule has 232 valence electrons. The van der Waals surface area contributed by atoms with Crippen molar-refractivity contribution in [1.82, 2.24) is 26.2 Å². The molecule has 1 unspecified atom stereocenters. The summed E-state index contributed by atoms with van der Waals surface area (Å²) in [6, 6.07) is -2.57. The molecule has 0 aromatic carbocycles. The number of carbonyl (C=O) groups excluding carboxylic acids is 5. The minimum absolute atomic E-state index is 0.0342. The van der Waals surface area contributed by atoms with Gasteiger partial charge < -0.3 is 26.2 Å². The lowest BCUT2D eigenvalue weighted by atomic mass is 9.95. The number of ketones is 1. The number of carbonyl (C=O) groups is 5. The van der Waals surface area contributed by atoms with E-state index in [1.165, 1.54) is 18.9 Å². The molecule has 1 saturated heterocycles. The number of nitrogens with one attached hydrogen (secondary N) is 4. The Kier molecular flexibility index (Phi) is 15.5. The Hall–Kier alpha value is -2.91. The van der Waals surface area contributed by atoms with Crippen LogP contribution in [0.1, 0.15) is 111 Å². The largest absolute Gasteiger partial charge is 0.346 e. The summed E-state index contributed by atoms with van der Waals surface area (Å²) in [5.74, 6) is -2.11. The minimum atomic E-state index is -0.958. The summed E-state index contributed by atoms with van der Waals surface area (Å²) in [5.41, 5.74) is 0. The van der Waals surface area contributed by atoms with Crippen molar-refractivity contribution in [1.29, 1.82) is 0 Å². The molecule has 5 amide bonds. The fraction of sp³-hybridized carbons (Fsp3) is 0.774. The van der Waals surface area contributed by atoms with Gasteiger partial charge in [-0.3, -0.25) is 19.2 Å². The SMILES string of the molecule is C=CCNC(=O)C(=O)C(CCC)NC(=O)[C@@H]1CCCN1C(=O)[C@@H](NC(=O)NC1CCCCC1)C1CCCC1.CCC.